The highest BCUT2D eigenvalue weighted by atomic mass is 16.2. The molecule has 0 spiro atoms. The van der Waals surface area contributed by atoms with E-state index in [-0.39, 0.29) is 23.1 Å². The first kappa shape index (κ1) is 18.0. The first-order valence-electron chi connectivity index (χ1n) is 9.44. The van der Waals surface area contributed by atoms with Crippen molar-refractivity contribution in [2.24, 2.45) is 0 Å². The van der Waals surface area contributed by atoms with E-state index in [2.05, 4.69) is 30.2 Å². The monoisotopic (exact) mass is 402 g/mol. The van der Waals surface area contributed by atoms with Crippen molar-refractivity contribution < 1.29 is 4.79 Å². The first-order valence-corrected chi connectivity index (χ1v) is 9.44. The lowest BCUT2D eigenvalue weighted by molar-refractivity contribution is 0.0703. The number of aromatic nitrogens is 6. The number of fused-ring (bicyclic) bond motifs is 1. The van der Waals surface area contributed by atoms with Crippen molar-refractivity contribution in [3.05, 3.63) is 70.9 Å². The minimum absolute atomic E-state index is 0.00620. The summed E-state index contributed by atoms with van der Waals surface area (Å²) in [7, 11) is 1.72. The fraction of sp³-hybridized carbons (Fsp3) is 0.200. The molecule has 0 atom stereocenters. The molecule has 5 rings (SSSR count). The molecule has 0 aliphatic carbocycles. The molecule has 1 fully saturated rings. The molecule has 0 radical (unpaired) electrons. The lowest BCUT2D eigenvalue weighted by Crippen LogP contribution is -2.60. The van der Waals surface area contributed by atoms with Gasteiger partial charge in [-0.3, -0.25) is 14.6 Å². The zero-order valence-electron chi connectivity index (χ0n) is 16.1. The normalized spacial score (nSPS) is 14.0. The second kappa shape index (κ2) is 7.07. The van der Waals surface area contributed by atoms with E-state index in [0.29, 0.717) is 24.6 Å². The van der Waals surface area contributed by atoms with Gasteiger partial charge < -0.3 is 14.8 Å². The highest BCUT2D eigenvalue weighted by Gasteiger charge is 2.34. The largest absolute Gasteiger partial charge is 0.351 e. The number of likely N-dealkylation sites (N-methyl/N-ethyl adjacent to an activating group) is 1. The number of nitrogens with zero attached hydrogens (tertiary/aromatic N) is 7. The van der Waals surface area contributed by atoms with Crippen molar-refractivity contribution in [1.29, 1.82) is 0 Å². The van der Waals surface area contributed by atoms with Gasteiger partial charge in [0.2, 0.25) is 0 Å². The van der Waals surface area contributed by atoms with E-state index in [1.54, 1.807) is 34.9 Å². The van der Waals surface area contributed by atoms with Gasteiger partial charge in [0.15, 0.2) is 11.5 Å². The zero-order valence-corrected chi connectivity index (χ0v) is 16.1. The Morgan fingerprint density at radius 3 is 2.80 bits per heavy atom. The van der Waals surface area contributed by atoms with Gasteiger partial charge in [-0.1, -0.05) is 0 Å². The second-order valence-corrected chi connectivity index (χ2v) is 7.11. The van der Waals surface area contributed by atoms with E-state index < -0.39 is 0 Å². The molecule has 10 heteroatoms. The molecule has 0 saturated carbocycles. The molecule has 1 N–H and O–H groups in total. The van der Waals surface area contributed by atoms with Crippen LogP contribution in [0.3, 0.4) is 0 Å². The smallest absolute Gasteiger partial charge is 0.260 e. The summed E-state index contributed by atoms with van der Waals surface area (Å²) in [6, 6.07) is 10.7. The number of amides is 1. The van der Waals surface area contributed by atoms with Crippen molar-refractivity contribution in [2.75, 3.05) is 25.0 Å². The number of carbonyl (C=O) groups is 1. The number of aromatic amines is 1. The molecule has 10 nitrogen and oxygen atoms in total. The Bertz CT molecular complexity index is 1280. The Balaban J connectivity index is 1.34. The van der Waals surface area contributed by atoms with Crippen LogP contribution in [0.15, 0.2) is 59.8 Å². The summed E-state index contributed by atoms with van der Waals surface area (Å²) in [4.78, 5) is 34.9. The van der Waals surface area contributed by atoms with Crippen LogP contribution in [-0.2, 0) is 0 Å². The molecule has 0 unspecified atom stereocenters. The van der Waals surface area contributed by atoms with Gasteiger partial charge in [-0.05, 0) is 36.4 Å². The van der Waals surface area contributed by atoms with Gasteiger partial charge in [-0.25, -0.2) is 0 Å². The lowest BCUT2D eigenvalue weighted by Gasteiger charge is -2.44. The van der Waals surface area contributed by atoms with Gasteiger partial charge in [0.25, 0.3) is 11.5 Å². The van der Waals surface area contributed by atoms with E-state index in [9.17, 15) is 9.59 Å². The molecule has 5 heterocycles. The van der Waals surface area contributed by atoms with E-state index in [0.717, 1.165) is 11.4 Å². The van der Waals surface area contributed by atoms with Crippen molar-refractivity contribution in [3.63, 3.8) is 0 Å². The van der Waals surface area contributed by atoms with Gasteiger partial charge in [0.05, 0.1) is 6.04 Å². The number of H-pyrrole nitrogens is 1. The van der Waals surface area contributed by atoms with E-state index >= 15 is 0 Å². The van der Waals surface area contributed by atoms with E-state index in [1.807, 2.05) is 24.3 Å². The summed E-state index contributed by atoms with van der Waals surface area (Å²) in [5.74, 6) is 1.09. The van der Waals surface area contributed by atoms with Crippen LogP contribution < -0.4 is 10.5 Å². The molecule has 1 aliphatic rings. The molecule has 1 aliphatic heterocycles. The molecule has 30 heavy (non-hydrogen) atoms. The average Bonchev–Trinajstić information content (AvgIpc) is 3.16. The van der Waals surface area contributed by atoms with E-state index in [1.165, 1.54) is 12.3 Å². The Morgan fingerprint density at radius 2 is 2.03 bits per heavy atom. The quantitative estimate of drug-likeness (QED) is 0.538. The highest BCUT2D eigenvalue weighted by molar-refractivity contribution is 5.94. The molecule has 150 valence electrons. The van der Waals surface area contributed by atoms with Gasteiger partial charge >= 0.3 is 0 Å². The van der Waals surface area contributed by atoms with Gasteiger partial charge in [0.1, 0.15) is 11.4 Å². The van der Waals surface area contributed by atoms with Gasteiger partial charge in [-0.15, -0.1) is 15.3 Å². The van der Waals surface area contributed by atoms with Gasteiger partial charge in [-0.2, -0.15) is 4.52 Å². The third-order valence-corrected chi connectivity index (χ3v) is 5.27. The Hall–Kier alpha value is -4.08. The summed E-state index contributed by atoms with van der Waals surface area (Å²) in [5, 5.41) is 13.1. The molecular weight excluding hydrogens is 384 g/mol. The number of carbonyl (C=O) groups excluding carboxylic acids is 1. The van der Waals surface area contributed by atoms with Crippen LogP contribution in [0.1, 0.15) is 10.4 Å². The summed E-state index contributed by atoms with van der Waals surface area (Å²) in [5.41, 5.74) is 1.23. The van der Waals surface area contributed by atoms with Crippen LogP contribution in [0.4, 0.5) is 5.82 Å². The number of hydrogen-bond donors (Lipinski definition) is 1. The van der Waals surface area contributed by atoms with Crippen LogP contribution in [-0.4, -0.2) is 66.8 Å². The minimum Gasteiger partial charge on any atom is -0.351 e. The second-order valence-electron chi connectivity index (χ2n) is 7.11. The zero-order chi connectivity index (χ0) is 20.7. The van der Waals surface area contributed by atoms with Crippen molar-refractivity contribution in [1.82, 2.24) is 34.7 Å². The van der Waals surface area contributed by atoms with Crippen molar-refractivity contribution in [2.45, 2.75) is 6.04 Å². The Kier molecular flexibility index (Phi) is 4.24. The van der Waals surface area contributed by atoms with Crippen LogP contribution in [0.25, 0.3) is 17.0 Å². The topological polar surface area (TPSA) is 112 Å². The summed E-state index contributed by atoms with van der Waals surface area (Å²) < 4.78 is 1.69. The molecule has 0 aromatic carbocycles. The fourth-order valence-corrected chi connectivity index (χ4v) is 3.46. The predicted molar refractivity (Wildman–Crippen MR) is 109 cm³/mol. The van der Waals surface area contributed by atoms with Crippen LogP contribution >= 0.6 is 0 Å². The number of pyridine rings is 2. The number of hydrogen-bond acceptors (Lipinski definition) is 7. The molecule has 4 aromatic rings. The number of anilines is 1. The summed E-state index contributed by atoms with van der Waals surface area (Å²) in [6.45, 7) is 1.24. The van der Waals surface area contributed by atoms with Crippen LogP contribution in [0.2, 0.25) is 0 Å². The maximum atomic E-state index is 12.6. The molecular formula is C20H18N8O2. The molecule has 4 aromatic heterocycles. The van der Waals surface area contributed by atoms with Crippen LogP contribution in [0.5, 0.6) is 0 Å². The molecule has 1 amide bonds. The summed E-state index contributed by atoms with van der Waals surface area (Å²) in [6.07, 6.45) is 4.93. The fourth-order valence-electron chi connectivity index (χ4n) is 3.46. The molecule has 1 saturated heterocycles. The van der Waals surface area contributed by atoms with Crippen LogP contribution in [0, 0.1) is 0 Å². The SMILES string of the molecule is CN(C(=O)c1ccc[nH]c1=O)C1CN(c2ccc3nnc(-c4cccnc4)n3n2)C1. The molecule has 0 bridgehead atoms. The van der Waals surface area contributed by atoms with Gasteiger partial charge in [0, 0.05) is 44.3 Å². The summed E-state index contributed by atoms with van der Waals surface area (Å²) >= 11 is 0. The Morgan fingerprint density at radius 1 is 1.17 bits per heavy atom. The maximum Gasteiger partial charge on any atom is 0.260 e. The van der Waals surface area contributed by atoms with E-state index in [4.69, 9.17) is 0 Å². The third kappa shape index (κ3) is 2.98. The predicted octanol–water partition coefficient (Wildman–Crippen LogP) is 0.835. The standard InChI is InChI=1S/C20H18N8O2/c1-26(20(30)15-5-3-9-22-19(15)29)14-11-27(12-14)17-7-6-16-23-24-18(28(16)25-17)13-4-2-8-21-10-13/h2-10,14H,11-12H2,1H3,(H,22,29). The number of nitrogens with one attached hydrogen (secondary N) is 1. The highest BCUT2D eigenvalue weighted by Crippen LogP contribution is 2.24. The number of rotatable bonds is 4. The third-order valence-electron chi connectivity index (χ3n) is 5.27. The van der Waals surface area contributed by atoms with Crippen molar-refractivity contribution in [3.8, 4) is 11.4 Å². The van der Waals surface area contributed by atoms with Crippen molar-refractivity contribution >= 4 is 17.4 Å². The maximum absolute atomic E-state index is 12.6. The lowest BCUT2D eigenvalue weighted by atomic mass is 10.1. The Labute approximate surface area is 170 Å². The minimum atomic E-state index is -0.381. The first-order chi connectivity index (χ1) is 14.6. The average molecular weight is 402 g/mol.